The molecule has 0 aliphatic heterocycles. The van der Waals surface area contributed by atoms with E-state index in [1.165, 1.54) is 5.56 Å². The van der Waals surface area contributed by atoms with E-state index in [1.807, 2.05) is 54.7 Å². The van der Waals surface area contributed by atoms with Gasteiger partial charge in [0, 0.05) is 18.5 Å². The molecule has 3 rings (SSSR count). The maximum Gasteiger partial charge on any atom is 0.258 e. The van der Waals surface area contributed by atoms with E-state index < -0.39 is 0 Å². The Balaban J connectivity index is 1.71. The first kappa shape index (κ1) is 23.8. The van der Waals surface area contributed by atoms with Crippen molar-refractivity contribution in [1.82, 2.24) is 14.8 Å². The molecule has 0 N–H and O–H groups in total. The fourth-order valence-corrected chi connectivity index (χ4v) is 3.96. The minimum atomic E-state index is -0.0644. The standard InChI is InChI=1S/C25H31N3O3S/c1-18-9-8-12-22(19(18)2)31-16-24-26-20(17-32-24)15-28(14-13-27(3)4)25(29)21-10-6-7-11-23(21)30-5/h6-12,17H,13-16H2,1-5H3. The third kappa shape index (κ3) is 6.08. The predicted octanol–water partition coefficient (Wildman–Crippen LogP) is 4.55. The summed E-state index contributed by atoms with van der Waals surface area (Å²) in [5.74, 6) is 1.39. The number of carbonyl (C=O) groups is 1. The maximum atomic E-state index is 13.3. The summed E-state index contributed by atoms with van der Waals surface area (Å²) >= 11 is 1.55. The molecule has 1 amide bonds. The minimum absolute atomic E-state index is 0.0644. The number of aryl methyl sites for hydroxylation is 1. The van der Waals surface area contributed by atoms with E-state index in [-0.39, 0.29) is 5.91 Å². The van der Waals surface area contributed by atoms with Crippen LogP contribution >= 0.6 is 11.3 Å². The van der Waals surface area contributed by atoms with Crippen LogP contribution in [-0.4, -0.2) is 55.0 Å². The van der Waals surface area contributed by atoms with Crippen molar-refractivity contribution in [2.75, 3.05) is 34.3 Å². The highest BCUT2D eigenvalue weighted by molar-refractivity contribution is 7.09. The van der Waals surface area contributed by atoms with Gasteiger partial charge in [-0.15, -0.1) is 11.3 Å². The molecule has 2 aromatic carbocycles. The summed E-state index contributed by atoms with van der Waals surface area (Å²) in [6.45, 7) is 6.33. The first-order chi connectivity index (χ1) is 15.4. The van der Waals surface area contributed by atoms with Gasteiger partial charge in [-0.25, -0.2) is 4.98 Å². The molecule has 1 aromatic heterocycles. The number of carbonyl (C=O) groups excluding carboxylic acids is 1. The Kier molecular flexibility index (Phi) is 8.25. The first-order valence-corrected chi connectivity index (χ1v) is 11.5. The van der Waals surface area contributed by atoms with Gasteiger partial charge in [-0.3, -0.25) is 4.79 Å². The van der Waals surface area contributed by atoms with Crippen molar-refractivity contribution < 1.29 is 14.3 Å². The summed E-state index contributed by atoms with van der Waals surface area (Å²) in [6.07, 6.45) is 0. The molecule has 0 unspecified atom stereocenters. The van der Waals surface area contributed by atoms with Gasteiger partial charge in [0.2, 0.25) is 0 Å². The average molecular weight is 454 g/mol. The highest BCUT2D eigenvalue weighted by Crippen LogP contribution is 2.24. The Hall–Kier alpha value is -2.90. The van der Waals surface area contributed by atoms with E-state index in [0.29, 0.717) is 31.0 Å². The summed E-state index contributed by atoms with van der Waals surface area (Å²) in [7, 11) is 5.58. The molecule has 1 heterocycles. The summed E-state index contributed by atoms with van der Waals surface area (Å²) in [4.78, 5) is 21.9. The van der Waals surface area contributed by atoms with Gasteiger partial charge in [0.1, 0.15) is 23.1 Å². The molecule has 0 bridgehead atoms. The number of thiazole rings is 1. The van der Waals surface area contributed by atoms with Crippen LogP contribution in [0, 0.1) is 13.8 Å². The van der Waals surface area contributed by atoms with Gasteiger partial charge in [0.25, 0.3) is 5.91 Å². The quantitative estimate of drug-likeness (QED) is 0.451. The van der Waals surface area contributed by atoms with Crippen LogP contribution in [0.4, 0.5) is 0 Å². The molecule has 0 aliphatic carbocycles. The van der Waals surface area contributed by atoms with Crippen LogP contribution in [0.15, 0.2) is 47.8 Å². The second-order valence-corrected chi connectivity index (χ2v) is 8.89. The molecule has 0 atom stereocenters. The number of para-hydroxylation sites is 1. The molecule has 0 fully saturated rings. The van der Waals surface area contributed by atoms with E-state index in [2.05, 4.69) is 24.8 Å². The average Bonchev–Trinajstić information content (AvgIpc) is 3.24. The minimum Gasteiger partial charge on any atom is -0.496 e. The number of amides is 1. The van der Waals surface area contributed by atoms with Gasteiger partial charge < -0.3 is 19.3 Å². The van der Waals surface area contributed by atoms with Crippen molar-refractivity contribution in [2.45, 2.75) is 27.0 Å². The van der Waals surface area contributed by atoms with Crippen LogP contribution in [0.2, 0.25) is 0 Å². The molecule has 0 saturated carbocycles. The monoisotopic (exact) mass is 453 g/mol. The number of methoxy groups -OCH3 is 1. The number of nitrogens with zero attached hydrogens (tertiary/aromatic N) is 3. The predicted molar refractivity (Wildman–Crippen MR) is 129 cm³/mol. The Morgan fingerprint density at radius 1 is 1.03 bits per heavy atom. The third-order valence-electron chi connectivity index (χ3n) is 5.30. The number of benzene rings is 2. The lowest BCUT2D eigenvalue weighted by atomic mass is 10.1. The number of hydrogen-bond donors (Lipinski definition) is 0. The molecule has 6 nitrogen and oxygen atoms in total. The van der Waals surface area contributed by atoms with Crippen molar-refractivity contribution in [2.24, 2.45) is 0 Å². The van der Waals surface area contributed by atoms with Crippen LogP contribution in [0.1, 0.15) is 32.2 Å². The number of likely N-dealkylation sites (N-methyl/N-ethyl adjacent to an activating group) is 1. The fraction of sp³-hybridized carbons (Fsp3) is 0.360. The van der Waals surface area contributed by atoms with Crippen molar-refractivity contribution in [3.63, 3.8) is 0 Å². The summed E-state index contributed by atoms with van der Waals surface area (Å²) in [5, 5.41) is 2.89. The number of hydrogen-bond acceptors (Lipinski definition) is 6. The van der Waals surface area contributed by atoms with Crippen LogP contribution in [-0.2, 0) is 13.2 Å². The normalized spacial score (nSPS) is 10.9. The number of aromatic nitrogens is 1. The Labute approximate surface area is 194 Å². The van der Waals surface area contributed by atoms with Crippen molar-refractivity contribution in [3.05, 3.63) is 75.2 Å². The molecule has 0 saturated heterocycles. The Bertz CT molecular complexity index is 1050. The van der Waals surface area contributed by atoms with Crippen LogP contribution in [0.25, 0.3) is 0 Å². The van der Waals surface area contributed by atoms with Crippen LogP contribution in [0.3, 0.4) is 0 Å². The SMILES string of the molecule is COc1ccccc1C(=O)N(CCN(C)C)Cc1csc(COc2cccc(C)c2C)n1. The molecule has 3 aromatic rings. The third-order valence-corrected chi connectivity index (χ3v) is 6.17. The van der Waals surface area contributed by atoms with Gasteiger partial charge in [0.15, 0.2) is 0 Å². The molecule has 32 heavy (non-hydrogen) atoms. The zero-order chi connectivity index (χ0) is 23.1. The number of rotatable bonds is 10. The van der Waals surface area contributed by atoms with Gasteiger partial charge in [-0.05, 0) is 57.3 Å². The highest BCUT2D eigenvalue weighted by atomic mass is 32.1. The van der Waals surface area contributed by atoms with E-state index in [9.17, 15) is 4.79 Å². The second kappa shape index (κ2) is 11.1. The Morgan fingerprint density at radius 3 is 2.53 bits per heavy atom. The lowest BCUT2D eigenvalue weighted by molar-refractivity contribution is 0.0726. The zero-order valence-corrected chi connectivity index (χ0v) is 20.2. The smallest absolute Gasteiger partial charge is 0.258 e. The molecular formula is C25H31N3O3S. The summed E-state index contributed by atoms with van der Waals surface area (Å²) < 4.78 is 11.4. The topological polar surface area (TPSA) is 54.9 Å². The van der Waals surface area contributed by atoms with Gasteiger partial charge in [0.05, 0.1) is 24.9 Å². The largest absolute Gasteiger partial charge is 0.496 e. The lowest BCUT2D eigenvalue weighted by Crippen LogP contribution is -2.36. The summed E-state index contributed by atoms with van der Waals surface area (Å²) in [5.41, 5.74) is 3.76. The van der Waals surface area contributed by atoms with E-state index >= 15 is 0 Å². The van der Waals surface area contributed by atoms with Gasteiger partial charge >= 0.3 is 0 Å². The van der Waals surface area contributed by atoms with E-state index in [4.69, 9.17) is 14.5 Å². The van der Waals surface area contributed by atoms with Crippen molar-refractivity contribution in [1.29, 1.82) is 0 Å². The van der Waals surface area contributed by atoms with Gasteiger partial charge in [-0.1, -0.05) is 24.3 Å². The lowest BCUT2D eigenvalue weighted by Gasteiger charge is -2.24. The first-order valence-electron chi connectivity index (χ1n) is 10.6. The molecule has 0 radical (unpaired) electrons. The van der Waals surface area contributed by atoms with Crippen molar-refractivity contribution >= 4 is 17.2 Å². The van der Waals surface area contributed by atoms with E-state index in [1.54, 1.807) is 24.5 Å². The molecule has 0 aliphatic rings. The fourth-order valence-electron chi connectivity index (χ4n) is 3.27. The van der Waals surface area contributed by atoms with Crippen LogP contribution < -0.4 is 9.47 Å². The van der Waals surface area contributed by atoms with E-state index in [0.717, 1.165) is 28.6 Å². The molecule has 170 valence electrons. The van der Waals surface area contributed by atoms with Crippen molar-refractivity contribution in [3.8, 4) is 11.5 Å². The maximum absolute atomic E-state index is 13.3. The molecule has 7 heteroatoms. The Morgan fingerprint density at radius 2 is 1.78 bits per heavy atom. The second-order valence-electron chi connectivity index (χ2n) is 7.95. The van der Waals surface area contributed by atoms with Crippen LogP contribution in [0.5, 0.6) is 11.5 Å². The molecule has 0 spiro atoms. The number of ether oxygens (including phenoxy) is 2. The highest BCUT2D eigenvalue weighted by Gasteiger charge is 2.21. The van der Waals surface area contributed by atoms with Gasteiger partial charge in [-0.2, -0.15) is 0 Å². The molecular weight excluding hydrogens is 422 g/mol. The zero-order valence-electron chi connectivity index (χ0n) is 19.4. The summed E-state index contributed by atoms with van der Waals surface area (Å²) in [6, 6.07) is 13.4.